The van der Waals surface area contributed by atoms with Gasteiger partial charge in [0, 0.05) is 36.5 Å². The number of benzene rings is 2. The number of ether oxygens (including phenoxy) is 2. The molecule has 0 heterocycles. The highest BCUT2D eigenvalue weighted by molar-refractivity contribution is 7.56. The Labute approximate surface area is 147 Å². The highest BCUT2D eigenvalue weighted by atomic mass is 31.1. The minimum atomic E-state index is 0.277. The van der Waals surface area contributed by atoms with Crippen molar-refractivity contribution in [3.8, 4) is 5.75 Å². The zero-order valence-corrected chi connectivity index (χ0v) is 16.3. The van der Waals surface area contributed by atoms with Crippen LogP contribution in [0.1, 0.15) is 25.0 Å². The largest absolute Gasteiger partial charge is 0.467 e. The first-order valence-electron chi connectivity index (χ1n) is 8.45. The lowest BCUT2D eigenvalue weighted by atomic mass is 10.2. The lowest BCUT2D eigenvalue weighted by molar-refractivity contribution is 0.0514. The Morgan fingerprint density at radius 3 is 2.29 bits per heavy atom. The first-order valence-corrected chi connectivity index (χ1v) is 9.45. The Balaban J connectivity index is 2.43. The molecule has 0 amide bonds. The summed E-state index contributed by atoms with van der Waals surface area (Å²) in [5, 5.41) is 2.63. The van der Waals surface area contributed by atoms with Crippen LogP contribution < -0.4 is 20.2 Å². The molecule has 1 atom stereocenters. The number of nitrogens with zero attached hydrogens (tertiary/aromatic N) is 1. The SMILES string of the molecule is CCN(CC)c1cccc(C)c1Pc1cccc(C)c1OCOC. The first-order chi connectivity index (χ1) is 11.6. The summed E-state index contributed by atoms with van der Waals surface area (Å²) in [6.45, 7) is 11.0. The maximum atomic E-state index is 5.85. The Kier molecular flexibility index (Phi) is 7.08. The third-order valence-corrected chi connectivity index (χ3v) is 5.71. The molecule has 0 fully saturated rings. The van der Waals surface area contributed by atoms with Crippen molar-refractivity contribution in [2.24, 2.45) is 0 Å². The predicted octanol–water partition coefficient (Wildman–Crippen LogP) is 3.76. The average molecular weight is 345 g/mol. The van der Waals surface area contributed by atoms with Gasteiger partial charge in [0.2, 0.25) is 0 Å². The molecule has 2 aromatic carbocycles. The molecule has 2 rings (SSSR count). The fraction of sp³-hybridized carbons (Fsp3) is 0.400. The summed E-state index contributed by atoms with van der Waals surface area (Å²) >= 11 is 0. The van der Waals surface area contributed by atoms with Crippen LogP contribution in [0, 0.1) is 13.8 Å². The van der Waals surface area contributed by atoms with Gasteiger partial charge in [0.15, 0.2) is 6.79 Å². The van der Waals surface area contributed by atoms with Gasteiger partial charge in [0.25, 0.3) is 0 Å². The standard InChI is InChI=1S/C20H28NO2P/c1-6-21(7-2)17-12-8-11-16(4)20(17)24-18-13-9-10-15(3)19(18)23-14-22-5/h8-13,24H,6-7,14H2,1-5H3. The van der Waals surface area contributed by atoms with Gasteiger partial charge in [-0.25, -0.2) is 0 Å². The van der Waals surface area contributed by atoms with Crippen molar-refractivity contribution in [1.82, 2.24) is 0 Å². The maximum absolute atomic E-state index is 5.85. The lowest BCUT2D eigenvalue weighted by Crippen LogP contribution is -2.27. The first kappa shape index (κ1) is 18.8. The highest BCUT2D eigenvalue weighted by Gasteiger charge is 2.14. The molecule has 0 N–H and O–H groups in total. The van der Waals surface area contributed by atoms with Crippen LogP contribution in [0.3, 0.4) is 0 Å². The number of para-hydroxylation sites is 1. The molecule has 130 valence electrons. The van der Waals surface area contributed by atoms with Crippen LogP contribution in [0.5, 0.6) is 5.75 Å². The number of anilines is 1. The van der Waals surface area contributed by atoms with Crippen molar-refractivity contribution >= 4 is 24.9 Å². The zero-order chi connectivity index (χ0) is 17.5. The van der Waals surface area contributed by atoms with Crippen LogP contribution in [-0.2, 0) is 4.74 Å². The third kappa shape index (κ3) is 4.28. The zero-order valence-electron chi connectivity index (χ0n) is 15.3. The molecule has 0 aliphatic carbocycles. The fourth-order valence-electron chi connectivity index (χ4n) is 2.84. The summed E-state index contributed by atoms with van der Waals surface area (Å²) in [7, 11) is 2.21. The average Bonchev–Trinajstić information content (AvgIpc) is 2.58. The molecule has 1 unspecified atom stereocenters. The molecule has 0 saturated heterocycles. The van der Waals surface area contributed by atoms with Crippen LogP contribution in [0.25, 0.3) is 0 Å². The quantitative estimate of drug-likeness (QED) is 0.537. The lowest BCUT2D eigenvalue weighted by Gasteiger charge is -2.26. The van der Waals surface area contributed by atoms with Gasteiger partial charge in [-0.05, 0) is 44.9 Å². The molecule has 0 saturated carbocycles. The summed E-state index contributed by atoms with van der Waals surface area (Å²) in [5.74, 6) is 0.950. The maximum Gasteiger partial charge on any atom is 0.188 e. The molecule has 3 nitrogen and oxygen atoms in total. The minimum absolute atomic E-state index is 0.277. The van der Waals surface area contributed by atoms with E-state index in [9.17, 15) is 0 Å². The Bertz CT molecular complexity index is 669. The molecule has 0 radical (unpaired) electrons. The van der Waals surface area contributed by atoms with Gasteiger partial charge >= 0.3 is 0 Å². The van der Waals surface area contributed by atoms with E-state index < -0.39 is 0 Å². The van der Waals surface area contributed by atoms with E-state index in [4.69, 9.17) is 9.47 Å². The Morgan fingerprint density at radius 2 is 1.62 bits per heavy atom. The summed E-state index contributed by atoms with van der Waals surface area (Å²) in [6.07, 6.45) is 0. The summed E-state index contributed by atoms with van der Waals surface area (Å²) in [6, 6.07) is 12.9. The van der Waals surface area contributed by atoms with Gasteiger partial charge in [-0.2, -0.15) is 0 Å². The van der Waals surface area contributed by atoms with Gasteiger partial charge in [-0.15, -0.1) is 0 Å². The molecule has 0 aliphatic heterocycles. The smallest absolute Gasteiger partial charge is 0.188 e. The fourth-order valence-corrected chi connectivity index (χ4v) is 4.32. The number of hydrogen-bond acceptors (Lipinski definition) is 3. The molecule has 0 aromatic heterocycles. The van der Waals surface area contributed by atoms with Crippen molar-refractivity contribution in [3.05, 3.63) is 47.5 Å². The molecular weight excluding hydrogens is 317 g/mol. The normalized spacial score (nSPS) is 11.2. The number of methoxy groups -OCH3 is 1. The second-order valence-electron chi connectivity index (χ2n) is 5.77. The minimum Gasteiger partial charge on any atom is -0.467 e. The topological polar surface area (TPSA) is 21.7 Å². The van der Waals surface area contributed by atoms with E-state index in [2.05, 4.69) is 69.0 Å². The monoisotopic (exact) mass is 345 g/mol. The van der Waals surface area contributed by atoms with Crippen LogP contribution in [-0.4, -0.2) is 27.0 Å². The summed E-state index contributed by atoms with van der Waals surface area (Å²) in [5.41, 5.74) is 3.81. The second kappa shape index (κ2) is 9.05. The van der Waals surface area contributed by atoms with Crippen LogP contribution in [0.15, 0.2) is 36.4 Å². The van der Waals surface area contributed by atoms with Crippen molar-refractivity contribution < 1.29 is 9.47 Å². The van der Waals surface area contributed by atoms with Crippen molar-refractivity contribution in [3.63, 3.8) is 0 Å². The van der Waals surface area contributed by atoms with Crippen LogP contribution >= 0.6 is 8.58 Å². The van der Waals surface area contributed by atoms with E-state index >= 15 is 0 Å². The van der Waals surface area contributed by atoms with E-state index in [-0.39, 0.29) is 6.79 Å². The molecule has 0 aliphatic rings. The molecule has 0 spiro atoms. The Morgan fingerprint density at radius 1 is 0.958 bits per heavy atom. The van der Waals surface area contributed by atoms with Gasteiger partial charge in [0.1, 0.15) is 5.75 Å². The van der Waals surface area contributed by atoms with E-state index in [0.29, 0.717) is 8.58 Å². The van der Waals surface area contributed by atoms with E-state index in [1.165, 1.54) is 21.9 Å². The van der Waals surface area contributed by atoms with E-state index in [0.717, 1.165) is 24.4 Å². The second-order valence-corrected chi connectivity index (χ2v) is 7.06. The van der Waals surface area contributed by atoms with Crippen LogP contribution in [0.2, 0.25) is 0 Å². The van der Waals surface area contributed by atoms with Crippen LogP contribution in [0.4, 0.5) is 5.69 Å². The predicted molar refractivity (Wildman–Crippen MR) is 106 cm³/mol. The van der Waals surface area contributed by atoms with Crippen molar-refractivity contribution in [2.75, 3.05) is 31.9 Å². The molecular formula is C20H28NO2P. The Hall–Kier alpha value is -1.57. The number of hydrogen-bond donors (Lipinski definition) is 0. The van der Waals surface area contributed by atoms with E-state index in [1.54, 1.807) is 7.11 Å². The van der Waals surface area contributed by atoms with Crippen molar-refractivity contribution in [2.45, 2.75) is 27.7 Å². The highest BCUT2D eigenvalue weighted by Crippen LogP contribution is 2.28. The van der Waals surface area contributed by atoms with Gasteiger partial charge in [-0.3, -0.25) is 0 Å². The van der Waals surface area contributed by atoms with Gasteiger partial charge in [-0.1, -0.05) is 38.9 Å². The van der Waals surface area contributed by atoms with Gasteiger partial charge < -0.3 is 14.4 Å². The van der Waals surface area contributed by atoms with E-state index in [1.807, 2.05) is 0 Å². The molecule has 2 aromatic rings. The molecule has 0 bridgehead atoms. The third-order valence-electron chi connectivity index (χ3n) is 4.15. The van der Waals surface area contributed by atoms with Gasteiger partial charge in [0.05, 0.1) is 0 Å². The summed E-state index contributed by atoms with van der Waals surface area (Å²) < 4.78 is 11.0. The number of rotatable bonds is 8. The van der Waals surface area contributed by atoms with Crippen molar-refractivity contribution in [1.29, 1.82) is 0 Å². The number of aryl methyl sites for hydroxylation is 2. The summed E-state index contributed by atoms with van der Waals surface area (Å²) in [4.78, 5) is 2.42. The molecule has 24 heavy (non-hydrogen) atoms. The molecule has 4 heteroatoms.